The van der Waals surface area contributed by atoms with Gasteiger partial charge in [0.1, 0.15) is 12.7 Å². The van der Waals surface area contributed by atoms with Gasteiger partial charge in [0.25, 0.3) is 0 Å². The molecule has 190 valence electrons. The summed E-state index contributed by atoms with van der Waals surface area (Å²) in [5, 5.41) is 0. The number of rotatable bonds is 4. The first-order valence-corrected chi connectivity index (χ1v) is 12.8. The maximum absolute atomic E-state index is 14.7. The number of hydrogen-bond acceptors (Lipinski definition) is 7. The molecule has 3 aliphatic carbocycles. The van der Waals surface area contributed by atoms with E-state index in [1.165, 1.54) is 26.5 Å². The highest BCUT2D eigenvalue weighted by atomic mass is 16.6. The highest BCUT2D eigenvalue weighted by Gasteiger charge is 2.74. The first-order chi connectivity index (χ1) is 16.7. The zero-order valence-electron chi connectivity index (χ0n) is 21.1. The molecule has 3 heterocycles. The molecular formula is C27H35NO7. The first-order valence-electron chi connectivity index (χ1n) is 12.8. The molecule has 1 saturated heterocycles. The van der Waals surface area contributed by atoms with Gasteiger partial charge in [-0.3, -0.25) is 19.2 Å². The smallest absolute Gasteiger partial charge is 0.309 e. The average molecular weight is 486 g/mol. The number of amides is 1. The molecule has 1 saturated carbocycles. The molecule has 8 nitrogen and oxygen atoms in total. The summed E-state index contributed by atoms with van der Waals surface area (Å²) in [6.07, 6.45) is 6.02. The molecule has 6 aliphatic rings. The summed E-state index contributed by atoms with van der Waals surface area (Å²) < 4.78 is 17.0. The van der Waals surface area contributed by atoms with Gasteiger partial charge < -0.3 is 19.1 Å². The van der Waals surface area contributed by atoms with Crippen molar-refractivity contribution in [2.24, 2.45) is 28.6 Å². The van der Waals surface area contributed by atoms with E-state index in [-0.39, 0.29) is 36.7 Å². The van der Waals surface area contributed by atoms with E-state index in [0.717, 1.165) is 36.8 Å². The normalized spacial score (nSPS) is 37.5. The summed E-state index contributed by atoms with van der Waals surface area (Å²) in [6, 6.07) is 0. The number of carbonyl (C=O) groups is 4. The number of esters is 3. The van der Waals surface area contributed by atoms with Crippen molar-refractivity contribution in [1.29, 1.82) is 0 Å². The van der Waals surface area contributed by atoms with Crippen molar-refractivity contribution < 1.29 is 33.4 Å². The highest BCUT2D eigenvalue weighted by Crippen LogP contribution is 2.71. The van der Waals surface area contributed by atoms with Crippen LogP contribution >= 0.6 is 0 Å². The van der Waals surface area contributed by atoms with Gasteiger partial charge in [-0.25, -0.2) is 0 Å². The minimum atomic E-state index is -1.11. The van der Waals surface area contributed by atoms with E-state index in [1.54, 1.807) is 0 Å². The predicted molar refractivity (Wildman–Crippen MR) is 124 cm³/mol. The van der Waals surface area contributed by atoms with Gasteiger partial charge in [0.05, 0.1) is 23.9 Å². The number of allylic oxidation sites excluding steroid dienone is 1. The summed E-state index contributed by atoms with van der Waals surface area (Å²) in [6.45, 7) is 5.35. The average Bonchev–Trinajstić information content (AvgIpc) is 3.36. The Labute approximate surface area is 206 Å². The van der Waals surface area contributed by atoms with Crippen molar-refractivity contribution >= 4 is 23.8 Å². The van der Waals surface area contributed by atoms with Crippen LogP contribution in [0.15, 0.2) is 22.9 Å². The van der Waals surface area contributed by atoms with Crippen LogP contribution in [-0.4, -0.2) is 55.1 Å². The second-order valence-corrected chi connectivity index (χ2v) is 11.0. The van der Waals surface area contributed by atoms with E-state index in [2.05, 4.69) is 6.92 Å². The number of nitrogens with zero attached hydrogens (tertiary/aromatic N) is 1. The van der Waals surface area contributed by atoms with Crippen LogP contribution in [0.3, 0.4) is 0 Å². The van der Waals surface area contributed by atoms with E-state index in [9.17, 15) is 19.2 Å². The quantitative estimate of drug-likeness (QED) is 0.342. The Balaban J connectivity index is 1.83. The summed E-state index contributed by atoms with van der Waals surface area (Å²) in [5.41, 5.74) is 1.09. The Morgan fingerprint density at radius 3 is 2.54 bits per heavy atom. The molecule has 0 radical (unpaired) electrons. The van der Waals surface area contributed by atoms with Crippen molar-refractivity contribution in [3.05, 3.63) is 22.9 Å². The van der Waals surface area contributed by atoms with Crippen LogP contribution in [0.2, 0.25) is 0 Å². The number of ether oxygens (including phenoxy) is 3. The van der Waals surface area contributed by atoms with Gasteiger partial charge >= 0.3 is 17.9 Å². The summed E-state index contributed by atoms with van der Waals surface area (Å²) in [5.74, 6) is -1.59. The Kier molecular flexibility index (Phi) is 5.84. The lowest BCUT2D eigenvalue weighted by atomic mass is 9.52. The third-order valence-electron chi connectivity index (χ3n) is 9.24. The summed E-state index contributed by atoms with van der Waals surface area (Å²) in [7, 11) is 1.39. The van der Waals surface area contributed by atoms with Gasteiger partial charge in [-0.15, -0.1) is 0 Å². The third kappa shape index (κ3) is 3.31. The van der Waals surface area contributed by atoms with Gasteiger partial charge in [0.15, 0.2) is 0 Å². The van der Waals surface area contributed by atoms with Crippen LogP contribution in [0.4, 0.5) is 0 Å². The van der Waals surface area contributed by atoms with Gasteiger partial charge in [0.2, 0.25) is 5.91 Å². The van der Waals surface area contributed by atoms with Crippen molar-refractivity contribution in [2.45, 2.75) is 71.8 Å². The zero-order valence-corrected chi connectivity index (χ0v) is 21.1. The fourth-order valence-electron chi connectivity index (χ4n) is 8.01. The maximum Gasteiger partial charge on any atom is 0.309 e. The molecule has 2 fully saturated rings. The molecule has 8 heteroatoms. The molecule has 35 heavy (non-hydrogen) atoms. The number of carbonyl (C=O) groups excluding carboxylic acids is 4. The largest absolute Gasteiger partial charge is 0.469 e. The molecular weight excluding hydrogens is 450 g/mol. The Morgan fingerprint density at radius 1 is 1.09 bits per heavy atom. The van der Waals surface area contributed by atoms with Crippen molar-refractivity contribution in [3.8, 4) is 0 Å². The Bertz CT molecular complexity index is 1040. The molecule has 1 spiro atoms. The van der Waals surface area contributed by atoms with E-state index < -0.39 is 34.8 Å². The summed E-state index contributed by atoms with van der Waals surface area (Å²) >= 11 is 0. The van der Waals surface area contributed by atoms with E-state index in [4.69, 9.17) is 14.2 Å². The fraction of sp³-hybridized carbons (Fsp3) is 0.704. The van der Waals surface area contributed by atoms with Crippen molar-refractivity contribution in [2.75, 3.05) is 20.3 Å². The Hall–Kier alpha value is -2.64. The van der Waals surface area contributed by atoms with Gasteiger partial charge in [0, 0.05) is 26.6 Å². The van der Waals surface area contributed by atoms with Crippen LogP contribution < -0.4 is 0 Å². The standard InChI is InChI=1S/C27H35NO7/c1-15-5-10-22(35-17(3)30)27(14-34-16(2)29)19-8-6-18-7-9-20-21(24(31)33-4)11-26(27,23(18)20)25(32)28(12-15)13-19/h13,15,20-22H,5-12,14H2,1-4H3/t15-,20+,21+,22+,26-,27+/m0/s1. The second kappa shape index (κ2) is 8.49. The molecule has 0 aromatic rings. The van der Waals surface area contributed by atoms with Crippen LogP contribution in [-0.2, 0) is 33.4 Å². The van der Waals surface area contributed by atoms with Gasteiger partial charge in [-0.2, -0.15) is 0 Å². The Morgan fingerprint density at radius 2 is 1.86 bits per heavy atom. The number of hydrogen-bond donors (Lipinski definition) is 0. The highest BCUT2D eigenvalue weighted by molar-refractivity contribution is 5.94. The molecule has 3 aliphatic heterocycles. The predicted octanol–water partition coefficient (Wildman–Crippen LogP) is 3.30. The molecule has 6 rings (SSSR count). The molecule has 0 N–H and O–H groups in total. The lowest BCUT2D eigenvalue weighted by molar-refractivity contribution is -0.179. The van der Waals surface area contributed by atoms with E-state index in [1.807, 2.05) is 11.1 Å². The van der Waals surface area contributed by atoms with Crippen LogP contribution in [0.5, 0.6) is 0 Å². The molecule has 0 aromatic heterocycles. The molecule has 6 atom stereocenters. The van der Waals surface area contributed by atoms with Crippen LogP contribution in [0.1, 0.15) is 65.7 Å². The molecule has 4 bridgehead atoms. The monoisotopic (exact) mass is 485 g/mol. The third-order valence-corrected chi connectivity index (χ3v) is 9.24. The lowest BCUT2D eigenvalue weighted by Crippen LogP contribution is -2.63. The van der Waals surface area contributed by atoms with Crippen LogP contribution in [0, 0.1) is 28.6 Å². The fourth-order valence-corrected chi connectivity index (χ4v) is 8.01. The number of methoxy groups -OCH3 is 1. The minimum absolute atomic E-state index is 0.0581. The van der Waals surface area contributed by atoms with Crippen molar-refractivity contribution in [3.63, 3.8) is 0 Å². The molecule has 0 unspecified atom stereocenters. The lowest BCUT2D eigenvalue weighted by Gasteiger charge is -2.55. The maximum atomic E-state index is 14.7. The zero-order chi connectivity index (χ0) is 25.1. The summed E-state index contributed by atoms with van der Waals surface area (Å²) in [4.78, 5) is 54.2. The van der Waals surface area contributed by atoms with E-state index >= 15 is 0 Å². The van der Waals surface area contributed by atoms with Gasteiger partial charge in [-0.05, 0) is 62.4 Å². The minimum Gasteiger partial charge on any atom is -0.469 e. The van der Waals surface area contributed by atoms with Gasteiger partial charge in [-0.1, -0.05) is 18.1 Å². The van der Waals surface area contributed by atoms with Crippen molar-refractivity contribution in [1.82, 2.24) is 4.90 Å². The topological polar surface area (TPSA) is 99.2 Å². The second-order valence-electron chi connectivity index (χ2n) is 11.0. The molecule has 1 amide bonds. The number of fused-ring (bicyclic) bond motifs is 4. The van der Waals surface area contributed by atoms with Crippen LogP contribution in [0.25, 0.3) is 0 Å². The first kappa shape index (κ1) is 24.1. The molecule has 0 aromatic carbocycles. The SMILES string of the molecule is COC(=O)[C@@H]1C[C@@]23C(=O)N4C=C(CCC5=C2[C@@H]1CC5)[C@]3(COC(C)=O)[C@H](OC(C)=O)CC[C@H](C)C4. The van der Waals surface area contributed by atoms with E-state index in [0.29, 0.717) is 19.4 Å².